The van der Waals surface area contributed by atoms with Crippen LogP contribution in [0.2, 0.25) is 0 Å². The summed E-state index contributed by atoms with van der Waals surface area (Å²) in [5.41, 5.74) is -0.854. The second-order valence-electron chi connectivity index (χ2n) is 5.72. The van der Waals surface area contributed by atoms with E-state index in [0.29, 0.717) is 32.4 Å². The second kappa shape index (κ2) is 8.10. The van der Waals surface area contributed by atoms with Crippen molar-refractivity contribution in [2.75, 3.05) is 37.7 Å². The number of hydrogen-bond acceptors (Lipinski definition) is 5. The molecule has 0 radical (unpaired) electrons. The highest BCUT2D eigenvalue weighted by molar-refractivity contribution is 7.91. The maximum atomic E-state index is 11.6. The predicted molar refractivity (Wildman–Crippen MR) is 83.3 cm³/mol. The molecule has 124 valence electrons. The van der Waals surface area contributed by atoms with E-state index in [1.54, 1.807) is 0 Å². The van der Waals surface area contributed by atoms with Crippen molar-refractivity contribution in [2.24, 2.45) is 0 Å². The fourth-order valence-corrected chi connectivity index (χ4v) is 4.19. The van der Waals surface area contributed by atoms with Gasteiger partial charge in [0.2, 0.25) is 0 Å². The van der Waals surface area contributed by atoms with Crippen molar-refractivity contribution in [3.8, 4) is 0 Å². The van der Waals surface area contributed by atoms with Crippen molar-refractivity contribution in [3.05, 3.63) is 0 Å². The minimum atomic E-state index is -2.88. The molecule has 0 aromatic heterocycles. The molecule has 1 aliphatic heterocycles. The van der Waals surface area contributed by atoms with Gasteiger partial charge in [-0.15, -0.1) is 0 Å². The zero-order valence-electron chi connectivity index (χ0n) is 13.1. The van der Waals surface area contributed by atoms with Crippen LogP contribution in [0.15, 0.2) is 0 Å². The first-order valence-electron chi connectivity index (χ1n) is 7.76. The Bertz CT molecular complexity index is 438. The third-order valence-corrected chi connectivity index (χ3v) is 5.97. The molecule has 0 aromatic carbocycles. The van der Waals surface area contributed by atoms with E-state index in [1.807, 2.05) is 13.8 Å². The maximum Gasteiger partial charge on any atom is 0.323 e. The SMILES string of the molecule is CCNC(CC)(CCCN1CCCS(=O)(=O)CC1)C(=O)O. The van der Waals surface area contributed by atoms with Crippen LogP contribution in [0.3, 0.4) is 0 Å². The van der Waals surface area contributed by atoms with Gasteiger partial charge in [-0.2, -0.15) is 0 Å². The highest BCUT2D eigenvalue weighted by Gasteiger charge is 2.35. The van der Waals surface area contributed by atoms with E-state index in [4.69, 9.17) is 0 Å². The van der Waals surface area contributed by atoms with Gasteiger partial charge in [0.15, 0.2) is 9.84 Å². The van der Waals surface area contributed by atoms with Crippen LogP contribution in [-0.4, -0.2) is 67.6 Å². The van der Waals surface area contributed by atoms with Gasteiger partial charge in [-0.1, -0.05) is 13.8 Å². The third-order valence-electron chi connectivity index (χ3n) is 4.25. The Balaban J connectivity index is 2.49. The van der Waals surface area contributed by atoms with E-state index in [2.05, 4.69) is 10.2 Å². The molecule has 1 heterocycles. The molecule has 1 rings (SSSR count). The van der Waals surface area contributed by atoms with Gasteiger partial charge < -0.3 is 15.3 Å². The maximum absolute atomic E-state index is 11.6. The van der Waals surface area contributed by atoms with E-state index in [0.717, 1.165) is 19.5 Å². The Morgan fingerprint density at radius 1 is 1.29 bits per heavy atom. The van der Waals surface area contributed by atoms with Gasteiger partial charge in [0.25, 0.3) is 0 Å². The van der Waals surface area contributed by atoms with Crippen LogP contribution in [0.25, 0.3) is 0 Å². The molecule has 0 bridgehead atoms. The molecule has 1 atom stereocenters. The number of nitrogens with zero attached hydrogens (tertiary/aromatic N) is 1. The number of carboxylic acid groups (broad SMARTS) is 1. The molecule has 2 N–H and O–H groups in total. The van der Waals surface area contributed by atoms with Crippen molar-refractivity contribution in [2.45, 2.75) is 45.1 Å². The van der Waals surface area contributed by atoms with Gasteiger partial charge in [-0.25, -0.2) is 8.42 Å². The Morgan fingerprint density at radius 3 is 2.57 bits per heavy atom. The summed E-state index contributed by atoms with van der Waals surface area (Å²) >= 11 is 0. The average Bonchev–Trinajstić information content (AvgIpc) is 2.59. The summed E-state index contributed by atoms with van der Waals surface area (Å²) in [5, 5.41) is 12.5. The largest absolute Gasteiger partial charge is 0.480 e. The van der Waals surface area contributed by atoms with Crippen molar-refractivity contribution in [1.29, 1.82) is 0 Å². The van der Waals surface area contributed by atoms with Crippen LogP contribution in [0.5, 0.6) is 0 Å². The summed E-state index contributed by atoms with van der Waals surface area (Å²) < 4.78 is 23.1. The van der Waals surface area contributed by atoms with Crippen LogP contribution >= 0.6 is 0 Å². The Morgan fingerprint density at radius 2 is 2.00 bits per heavy atom. The molecule has 0 aliphatic carbocycles. The zero-order chi connectivity index (χ0) is 15.9. The highest BCUT2D eigenvalue weighted by atomic mass is 32.2. The number of nitrogens with one attached hydrogen (secondary N) is 1. The molecule has 1 unspecified atom stereocenters. The average molecular weight is 320 g/mol. The number of carboxylic acids is 1. The Labute approximate surface area is 127 Å². The van der Waals surface area contributed by atoms with Gasteiger partial charge in [0.1, 0.15) is 5.54 Å². The molecule has 1 fully saturated rings. The molecular formula is C14H28N2O4S. The first kappa shape index (κ1) is 18.4. The standard InChI is InChI=1S/C14H28N2O4S/c1-3-14(13(17)18,15-4-2)7-5-8-16-9-6-11-21(19,20)12-10-16/h15H,3-12H2,1-2H3,(H,17,18). The lowest BCUT2D eigenvalue weighted by molar-refractivity contribution is -0.145. The predicted octanol–water partition coefficient (Wildman–Crippen LogP) is 0.730. The topological polar surface area (TPSA) is 86.7 Å². The minimum Gasteiger partial charge on any atom is -0.480 e. The number of likely N-dealkylation sites (N-methyl/N-ethyl adjacent to an activating group) is 1. The monoisotopic (exact) mass is 320 g/mol. The molecular weight excluding hydrogens is 292 g/mol. The van der Waals surface area contributed by atoms with Gasteiger partial charge in [0.05, 0.1) is 11.5 Å². The van der Waals surface area contributed by atoms with Crippen molar-refractivity contribution >= 4 is 15.8 Å². The smallest absolute Gasteiger partial charge is 0.323 e. The number of rotatable bonds is 8. The lowest BCUT2D eigenvalue weighted by Crippen LogP contribution is -2.52. The van der Waals surface area contributed by atoms with Gasteiger partial charge >= 0.3 is 5.97 Å². The normalized spacial score (nSPS) is 22.4. The summed E-state index contributed by atoms with van der Waals surface area (Å²) in [6.07, 6.45) is 2.54. The molecule has 0 spiro atoms. The molecule has 1 aliphatic rings. The number of hydrogen-bond donors (Lipinski definition) is 2. The first-order valence-corrected chi connectivity index (χ1v) is 9.58. The van der Waals surface area contributed by atoms with Crippen LogP contribution in [0, 0.1) is 0 Å². The number of aliphatic carboxylic acids is 1. The van der Waals surface area contributed by atoms with E-state index >= 15 is 0 Å². The van der Waals surface area contributed by atoms with E-state index < -0.39 is 21.3 Å². The zero-order valence-corrected chi connectivity index (χ0v) is 13.9. The summed E-state index contributed by atoms with van der Waals surface area (Å²) in [7, 11) is -2.88. The van der Waals surface area contributed by atoms with E-state index in [1.165, 1.54) is 0 Å². The summed E-state index contributed by atoms with van der Waals surface area (Å²) in [6.45, 7) is 6.53. The van der Waals surface area contributed by atoms with E-state index in [-0.39, 0.29) is 11.5 Å². The van der Waals surface area contributed by atoms with Crippen molar-refractivity contribution in [3.63, 3.8) is 0 Å². The first-order chi connectivity index (χ1) is 9.85. The van der Waals surface area contributed by atoms with Gasteiger partial charge in [0, 0.05) is 6.54 Å². The lowest BCUT2D eigenvalue weighted by Gasteiger charge is -2.30. The van der Waals surface area contributed by atoms with Gasteiger partial charge in [-0.3, -0.25) is 4.79 Å². The second-order valence-corrected chi connectivity index (χ2v) is 8.03. The molecule has 1 saturated heterocycles. The quantitative estimate of drug-likeness (QED) is 0.686. The summed E-state index contributed by atoms with van der Waals surface area (Å²) in [4.78, 5) is 13.6. The summed E-state index contributed by atoms with van der Waals surface area (Å²) in [5.74, 6) is -0.308. The molecule has 0 saturated carbocycles. The number of sulfone groups is 1. The van der Waals surface area contributed by atoms with Crippen LogP contribution in [0.1, 0.15) is 39.5 Å². The molecule has 6 nitrogen and oxygen atoms in total. The van der Waals surface area contributed by atoms with Crippen LogP contribution in [0.4, 0.5) is 0 Å². The lowest BCUT2D eigenvalue weighted by atomic mass is 9.90. The number of carbonyl (C=O) groups is 1. The van der Waals surface area contributed by atoms with Crippen LogP contribution in [-0.2, 0) is 14.6 Å². The van der Waals surface area contributed by atoms with Crippen LogP contribution < -0.4 is 5.32 Å². The molecule has 21 heavy (non-hydrogen) atoms. The Hall–Kier alpha value is -0.660. The molecule has 0 amide bonds. The molecule has 7 heteroatoms. The Kier molecular flexibility index (Phi) is 7.09. The highest BCUT2D eigenvalue weighted by Crippen LogP contribution is 2.19. The summed E-state index contributed by atoms with van der Waals surface area (Å²) in [6, 6.07) is 0. The van der Waals surface area contributed by atoms with E-state index in [9.17, 15) is 18.3 Å². The van der Waals surface area contributed by atoms with Crippen molar-refractivity contribution < 1.29 is 18.3 Å². The fraction of sp³-hybridized carbons (Fsp3) is 0.929. The third kappa shape index (κ3) is 5.56. The minimum absolute atomic E-state index is 0.220. The molecule has 0 aromatic rings. The van der Waals surface area contributed by atoms with Gasteiger partial charge in [-0.05, 0) is 45.3 Å². The van der Waals surface area contributed by atoms with Crippen molar-refractivity contribution in [1.82, 2.24) is 10.2 Å². The fourth-order valence-electron chi connectivity index (χ4n) is 2.88.